The van der Waals surface area contributed by atoms with Gasteiger partial charge in [-0.25, -0.2) is 8.42 Å². The number of sulfone groups is 1. The van der Waals surface area contributed by atoms with Gasteiger partial charge in [-0.3, -0.25) is 4.79 Å². The number of halogens is 2. The Bertz CT molecular complexity index is 547. The third kappa shape index (κ3) is 3.86. The molecule has 100 valence electrons. The van der Waals surface area contributed by atoms with Crippen molar-refractivity contribution in [3.05, 3.63) is 27.7 Å². The average Bonchev–Trinajstić information content (AvgIpc) is 2.32. The van der Waals surface area contributed by atoms with E-state index in [1.165, 1.54) is 19.1 Å². The predicted octanol–water partition coefficient (Wildman–Crippen LogP) is 2.58. The molecule has 18 heavy (non-hydrogen) atoms. The monoisotopic (exact) mass is 309 g/mol. The highest BCUT2D eigenvalue weighted by Crippen LogP contribution is 2.29. The van der Waals surface area contributed by atoms with Crippen LogP contribution in [0.4, 0.5) is 5.69 Å². The lowest BCUT2D eigenvalue weighted by Gasteiger charge is -2.06. The second kappa shape index (κ2) is 5.91. The van der Waals surface area contributed by atoms with Crippen LogP contribution < -0.4 is 5.73 Å². The van der Waals surface area contributed by atoms with Crippen molar-refractivity contribution in [1.29, 1.82) is 0 Å². The molecule has 7 heteroatoms. The van der Waals surface area contributed by atoms with Crippen LogP contribution in [0, 0.1) is 0 Å². The number of benzene rings is 1. The van der Waals surface area contributed by atoms with Gasteiger partial charge in [-0.15, -0.1) is 0 Å². The lowest BCUT2D eigenvalue weighted by atomic mass is 10.1. The van der Waals surface area contributed by atoms with E-state index in [0.29, 0.717) is 0 Å². The van der Waals surface area contributed by atoms with Gasteiger partial charge in [0, 0.05) is 17.7 Å². The van der Waals surface area contributed by atoms with Crippen molar-refractivity contribution in [2.24, 2.45) is 0 Å². The molecule has 0 saturated carbocycles. The van der Waals surface area contributed by atoms with Crippen LogP contribution in [-0.4, -0.2) is 25.7 Å². The minimum absolute atomic E-state index is 0.0174. The molecule has 0 fully saturated rings. The number of hydrogen-bond donors (Lipinski definition) is 1. The molecule has 4 nitrogen and oxygen atoms in total. The van der Waals surface area contributed by atoms with E-state index >= 15 is 0 Å². The first kappa shape index (κ1) is 15.3. The molecule has 2 N–H and O–H groups in total. The number of hydrogen-bond acceptors (Lipinski definition) is 4. The van der Waals surface area contributed by atoms with Gasteiger partial charge >= 0.3 is 0 Å². The fraction of sp³-hybridized carbons (Fsp3) is 0.364. The number of nitrogens with two attached hydrogens (primary N) is 1. The van der Waals surface area contributed by atoms with Crippen molar-refractivity contribution in [3.63, 3.8) is 0 Å². The zero-order valence-electron chi connectivity index (χ0n) is 9.74. The van der Waals surface area contributed by atoms with Crippen molar-refractivity contribution in [3.8, 4) is 0 Å². The molecule has 1 rings (SSSR count). The molecular formula is C11H13Cl2NO3S. The van der Waals surface area contributed by atoms with Crippen molar-refractivity contribution in [2.75, 3.05) is 17.2 Å². The molecule has 0 bridgehead atoms. The number of carbonyl (C=O) groups excluding carboxylic acids is 1. The highest BCUT2D eigenvalue weighted by Gasteiger charge is 2.15. The Morgan fingerprint density at radius 1 is 1.28 bits per heavy atom. The Hall–Kier alpha value is -0.780. The van der Waals surface area contributed by atoms with Crippen LogP contribution in [0.1, 0.15) is 23.7 Å². The summed E-state index contributed by atoms with van der Waals surface area (Å²) in [6.07, 6.45) is -0.0905. The number of Topliss-reactive ketones (excluding diaryl/α,β-unsaturated/α-hetero) is 1. The number of carbonyl (C=O) groups is 1. The lowest BCUT2D eigenvalue weighted by molar-refractivity contribution is 0.0989. The topological polar surface area (TPSA) is 77.2 Å². The molecule has 0 aliphatic heterocycles. The van der Waals surface area contributed by atoms with Gasteiger partial charge in [-0.05, 0) is 12.1 Å². The third-order valence-corrected chi connectivity index (χ3v) is 4.81. The second-order valence-electron chi connectivity index (χ2n) is 3.76. The Labute approximate surface area is 116 Å². The molecule has 0 spiro atoms. The van der Waals surface area contributed by atoms with Crippen LogP contribution in [0.3, 0.4) is 0 Å². The van der Waals surface area contributed by atoms with E-state index < -0.39 is 9.84 Å². The quantitative estimate of drug-likeness (QED) is 0.670. The molecule has 0 saturated heterocycles. The summed E-state index contributed by atoms with van der Waals surface area (Å²) in [5, 5.41) is 0.369. The van der Waals surface area contributed by atoms with E-state index in [1.807, 2.05) is 0 Å². The van der Waals surface area contributed by atoms with E-state index in [1.54, 1.807) is 0 Å². The molecule has 0 radical (unpaired) electrons. The molecule has 0 aliphatic rings. The largest absolute Gasteiger partial charge is 0.396 e. The number of nitrogen functional groups attached to an aromatic ring is 1. The normalized spacial score (nSPS) is 11.5. The van der Waals surface area contributed by atoms with Gasteiger partial charge in [0.2, 0.25) is 0 Å². The fourth-order valence-electron chi connectivity index (χ4n) is 1.28. The average molecular weight is 310 g/mol. The number of rotatable bonds is 5. The van der Waals surface area contributed by atoms with Crippen LogP contribution >= 0.6 is 23.2 Å². The zero-order valence-corrected chi connectivity index (χ0v) is 12.1. The maximum absolute atomic E-state index is 11.8. The van der Waals surface area contributed by atoms with Crippen molar-refractivity contribution >= 4 is 44.5 Å². The minimum Gasteiger partial charge on any atom is -0.396 e. The number of ketones is 1. The Morgan fingerprint density at radius 3 is 2.22 bits per heavy atom. The molecule has 0 unspecified atom stereocenters. The molecule has 1 aromatic rings. The summed E-state index contributed by atoms with van der Waals surface area (Å²) in [6.45, 7) is 1.54. The molecule has 1 aromatic carbocycles. The summed E-state index contributed by atoms with van der Waals surface area (Å²) in [5.41, 5.74) is 6.02. The smallest absolute Gasteiger partial charge is 0.163 e. The second-order valence-corrected chi connectivity index (χ2v) is 7.05. The van der Waals surface area contributed by atoms with Crippen LogP contribution in [0.15, 0.2) is 12.1 Å². The van der Waals surface area contributed by atoms with E-state index in [0.717, 1.165) is 0 Å². The lowest BCUT2D eigenvalue weighted by Crippen LogP contribution is -2.13. The van der Waals surface area contributed by atoms with Gasteiger partial charge in [0.25, 0.3) is 0 Å². The maximum atomic E-state index is 11.8. The molecular weight excluding hydrogens is 297 g/mol. The summed E-state index contributed by atoms with van der Waals surface area (Å²) in [7, 11) is -3.16. The molecule has 0 atom stereocenters. The summed E-state index contributed by atoms with van der Waals surface area (Å²) in [5.74, 6) is -0.485. The van der Waals surface area contributed by atoms with Crippen LogP contribution in [0.5, 0.6) is 0 Å². The van der Waals surface area contributed by atoms with Crippen LogP contribution in [0.25, 0.3) is 0 Å². The van der Waals surface area contributed by atoms with Crippen molar-refractivity contribution < 1.29 is 13.2 Å². The first-order valence-corrected chi connectivity index (χ1v) is 7.82. The van der Waals surface area contributed by atoms with Crippen LogP contribution in [0.2, 0.25) is 10.0 Å². The Balaban J connectivity index is 2.86. The summed E-state index contributed by atoms with van der Waals surface area (Å²) in [4.78, 5) is 11.8. The van der Waals surface area contributed by atoms with Gasteiger partial charge in [-0.2, -0.15) is 0 Å². The van der Waals surface area contributed by atoms with Gasteiger partial charge in [0.15, 0.2) is 5.78 Å². The fourth-order valence-corrected chi connectivity index (χ4v) is 2.55. The van der Waals surface area contributed by atoms with Crippen molar-refractivity contribution in [1.82, 2.24) is 0 Å². The van der Waals surface area contributed by atoms with Gasteiger partial charge < -0.3 is 5.73 Å². The first-order chi connectivity index (χ1) is 8.26. The van der Waals surface area contributed by atoms with Crippen LogP contribution in [-0.2, 0) is 9.84 Å². The summed E-state index contributed by atoms with van der Waals surface area (Å²) in [6, 6.07) is 2.79. The molecule has 0 aliphatic carbocycles. The summed E-state index contributed by atoms with van der Waals surface area (Å²) >= 11 is 11.6. The molecule has 0 heterocycles. The van der Waals surface area contributed by atoms with Crippen molar-refractivity contribution in [2.45, 2.75) is 13.3 Å². The Kier molecular flexibility index (Phi) is 5.01. The minimum atomic E-state index is -3.16. The van der Waals surface area contributed by atoms with E-state index in [2.05, 4.69) is 0 Å². The SMILES string of the molecule is CCS(=O)(=O)CCC(=O)c1cc(Cl)c(N)c(Cl)c1. The van der Waals surface area contributed by atoms with Gasteiger partial charge in [-0.1, -0.05) is 30.1 Å². The first-order valence-electron chi connectivity index (χ1n) is 5.25. The number of anilines is 1. The predicted molar refractivity (Wildman–Crippen MR) is 74.1 cm³/mol. The van der Waals surface area contributed by atoms with Gasteiger partial charge in [0.1, 0.15) is 9.84 Å². The molecule has 0 amide bonds. The standard InChI is InChI=1S/C11H13Cl2NO3S/c1-2-18(16,17)4-3-10(15)7-5-8(12)11(14)9(13)6-7/h5-6H,2-4,14H2,1H3. The zero-order chi connectivity index (χ0) is 13.9. The summed E-state index contributed by atoms with van der Waals surface area (Å²) < 4.78 is 22.6. The Morgan fingerprint density at radius 2 is 1.78 bits per heavy atom. The highest BCUT2D eigenvalue weighted by molar-refractivity contribution is 7.91. The highest BCUT2D eigenvalue weighted by atomic mass is 35.5. The molecule has 0 aromatic heterocycles. The third-order valence-electron chi connectivity index (χ3n) is 2.48. The van der Waals surface area contributed by atoms with E-state index in [4.69, 9.17) is 28.9 Å². The maximum Gasteiger partial charge on any atom is 0.163 e. The van der Waals surface area contributed by atoms with Gasteiger partial charge in [0.05, 0.1) is 21.5 Å². The van der Waals surface area contributed by atoms with E-state index in [-0.39, 0.29) is 45.0 Å². The van der Waals surface area contributed by atoms with E-state index in [9.17, 15) is 13.2 Å².